The lowest BCUT2D eigenvalue weighted by Crippen LogP contribution is -2.36. The van der Waals surface area contributed by atoms with Crippen molar-refractivity contribution in [2.45, 2.75) is 50.9 Å². The Balaban J connectivity index is 1.13. The molecule has 2 amide bonds. The first-order valence-corrected chi connectivity index (χ1v) is 17.8. The summed E-state index contributed by atoms with van der Waals surface area (Å²) in [5.74, 6) is 0.0201. The van der Waals surface area contributed by atoms with Crippen LogP contribution in [0.25, 0.3) is 39.2 Å². The molecule has 268 valence electrons. The van der Waals surface area contributed by atoms with Gasteiger partial charge in [-0.25, -0.2) is 14.4 Å². The number of hydrogen-bond donors (Lipinski definition) is 4. The van der Waals surface area contributed by atoms with Crippen molar-refractivity contribution in [1.82, 2.24) is 35.6 Å². The van der Waals surface area contributed by atoms with E-state index < -0.39 is 5.82 Å². The first kappa shape index (κ1) is 35.5. The van der Waals surface area contributed by atoms with Gasteiger partial charge in [0.05, 0.1) is 22.8 Å². The van der Waals surface area contributed by atoms with Crippen LogP contribution in [0.4, 0.5) is 4.39 Å². The lowest BCUT2D eigenvalue weighted by atomic mass is 9.96. The number of hydrogen-bond acceptors (Lipinski definition) is 8. The predicted molar refractivity (Wildman–Crippen MR) is 198 cm³/mol. The van der Waals surface area contributed by atoms with Crippen molar-refractivity contribution in [1.29, 1.82) is 0 Å². The Morgan fingerprint density at radius 1 is 0.846 bits per heavy atom. The number of aromatic nitrogens is 3. The third kappa shape index (κ3) is 7.51. The molecule has 14 heteroatoms. The van der Waals surface area contributed by atoms with Crippen LogP contribution in [-0.2, 0) is 22.7 Å². The van der Waals surface area contributed by atoms with Gasteiger partial charge in [-0.2, -0.15) is 0 Å². The normalized spacial score (nSPS) is 17.1. The topological polar surface area (TPSA) is 139 Å². The van der Waals surface area contributed by atoms with Crippen LogP contribution < -0.4 is 31.6 Å². The number of nitrogens with one attached hydrogen (secondary N) is 4. The van der Waals surface area contributed by atoms with Crippen molar-refractivity contribution < 1.29 is 18.7 Å². The summed E-state index contributed by atoms with van der Waals surface area (Å²) in [5, 5.41) is 13.0. The standard InChI is InChI=1S/C38H36Cl2FN7O4/c1-52-37-22(16-42-19-25-6-9-33(49)45-25)5-8-31(47-37)28-4-2-3-27(35(28)39)30-15-24(41)14-29(36(30)40)21-11-12-48-32(13-21)44-18-23(38(48)51)17-43-20-26-7-10-34(50)46-26/h2-5,8,11-15,18,25-26,42-43H,6-7,9-10,16-17,19-20H2,1H3,(H,45,49)(H,46,50)/t25-,26-/m0/s1. The number of rotatable bonds is 12. The largest absolute Gasteiger partial charge is 0.481 e. The maximum Gasteiger partial charge on any atom is 0.262 e. The van der Waals surface area contributed by atoms with Crippen LogP contribution in [0.1, 0.15) is 36.8 Å². The van der Waals surface area contributed by atoms with E-state index in [9.17, 15) is 14.4 Å². The van der Waals surface area contributed by atoms with Crippen molar-refractivity contribution in [2.24, 2.45) is 0 Å². The van der Waals surface area contributed by atoms with E-state index in [0.29, 0.717) is 94.6 Å². The number of amides is 2. The number of pyridine rings is 2. The zero-order chi connectivity index (χ0) is 36.4. The number of methoxy groups -OCH3 is 1. The van der Waals surface area contributed by atoms with Gasteiger partial charge in [-0.15, -0.1) is 0 Å². The zero-order valence-corrected chi connectivity index (χ0v) is 29.8. The number of ether oxygens (including phenoxy) is 1. The molecule has 0 spiro atoms. The van der Waals surface area contributed by atoms with Crippen LogP contribution in [0.3, 0.4) is 0 Å². The van der Waals surface area contributed by atoms with E-state index in [1.54, 1.807) is 37.6 Å². The average molecular weight is 745 g/mol. The summed E-state index contributed by atoms with van der Waals surface area (Å²) in [4.78, 5) is 45.5. The van der Waals surface area contributed by atoms with Gasteiger partial charge in [0.25, 0.3) is 5.56 Å². The molecule has 2 aromatic carbocycles. The smallest absolute Gasteiger partial charge is 0.262 e. The number of nitrogens with zero attached hydrogens (tertiary/aromatic N) is 3. The van der Waals surface area contributed by atoms with Gasteiger partial charge < -0.3 is 26.0 Å². The van der Waals surface area contributed by atoms with E-state index in [1.165, 1.54) is 22.7 Å². The average Bonchev–Trinajstić information content (AvgIpc) is 3.76. The van der Waals surface area contributed by atoms with E-state index in [0.717, 1.165) is 18.4 Å². The molecule has 2 fully saturated rings. The molecule has 0 unspecified atom stereocenters. The highest BCUT2D eigenvalue weighted by Gasteiger charge is 2.22. The highest BCUT2D eigenvalue weighted by molar-refractivity contribution is 6.39. The van der Waals surface area contributed by atoms with Crippen molar-refractivity contribution in [3.8, 4) is 39.4 Å². The zero-order valence-electron chi connectivity index (χ0n) is 28.3. The monoisotopic (exact) mass is 743 g/mol. The van der Waals surface area contributed by atoms with Crippen molar-refractivity contribution in [2.75, 3.05) is 20.2 Å². The second-order valence-electron chi connectivity index (χ2n) is 12.9. The molecule has 7 rings (SSSR count). The fourth-order valence-corrected chi connectivity index (χ4v) is 7.33. The van der Waals surface area contributed by atoms with Crippen molar-refractivity contribution >= 4 is 40.7 Å². The van der Waals surface area contributed by atoms with E-state index in [1.807, 2.05) is 18.2 Å². The summed E-state index contributed by atoms with van der Waals surface area (Å²) in [7, 11) is 1.55. The van der Waals surface area contributed by atoms with Crippen LogP contribution in [0.2, 0.25) is 10.0 Å². The van der Waals surface area contributed by atoms with Gasteiger partial charge in [0.1, 0.15) is 11.5 Å². The van der Waals surface area contributed by atoms with Gasteiger partial charge in [0.15, 0.2) is 0 Å². The Hall–Kier alpha value is -4.88. The minimum absolute atomic E-state index is 0.0375. The predicted octanol–water partition coefficient (Wildman–Crippen LogP) is 5.28. The van der Waals surface area contributed by atoms with Gasteiger partial charge in [0.2, 0.25) is 17.7 Å². The summed E-state index contributed by atoms with van der Waals surface area (Å²) < 4.78 is 22.4. The molecule has 11 nitrogen and oxygen atoms in total. The Morgan fingerprint density at radius 3 is 2.17 bits per heavy atom. The molecule has 4 N–H and O–H groups in total. The fraction of sp³-hybridized carbons (Fsp3) is 0.289. The summed E-state index contributed by atoms with van der Waals surface area (Å²) in [5.41, 5.74) is 4.52. The Bertz CT molecular complexity index is 2250. The Kier molecular flexibility index (Phi) is 10.5. The van der Waals surface area contributed by atoms with E-state index in [4.69, 9.17) is 32.9 Å². The molecule has 2 saturated heterocycles. The van der Waals surface area contributed by atoms with E-state index in [-0.39, 0.29) is 34.5 Å². The molecular weight excluding hydrogens is 708 g/mol. The van der Waals surface area contributed by atoms with Crippen LogP contribution in [0.5, 0.6) is 5.88 Å². The second kappa shape index (κ2) is 15.4. The highest BCUT2D eigenvalue weighted by atomic mass is 35.5. The number of fused-ring (bicyclic) bond motifs is 1. The second-order valence-corrected chi connectivity index (χ2v) is 13.7. The molecule has 0 saturated carbocycles. The third-order valence-electron chi connectivity index (χ3n) is 9.41. The number of carbonyl (C=O) groups is 2. The molecule has 0 aliphatic carbocycles. The maximum absolute atomic E-state index is 15.3. The lowest BCUT2D eigenvalue weighted by Gasteiger charge is -2.16. The summed E-state index contributed by atoms with van der Waals surface area (Å²) in [6.07, 6.45) is 5.74. The van der Waals surface area contributed by atoms with Crippen molar-refractivity contribution in [3.05, 3.63) is 104 Å². The summed E-state index contributed by atoms with van der Waals surface area (Å²) in [6, 6.07) is 15.4. The van der Waals surface area contributed by atoms with Gasteiger partial charge >= 0.3 is 0 Å². The molecule has 2 atom stereocenters. The minimum Gasteiger partial charge on any atom is -0.481 e. The Morgan fingerprint density at radius 2 is 1.50 bits per heavy atom. The first-order chi connectivity index (χ1) is 25.2. The van der Waals surface area contributed by atoms with Gasteiger partial charge in [0, 0.05) is 96.9 Å². The molecule has 2 aliphatic heterocycles. The SMILES string of the molecule is COc1nc(-c2cccc(-c3cc(F)cc(-c4ccn5c(=O)c(CNC[C@@H]6CCC(=O)N6)cnc5c4)c3Cl)c2Cl)ccc1CNC[C@@H]1CCC(=O)N1. The van der Waals surface area contributed by atoms with Crippen molar-refractivity contribution in [3.63, 3.8) is 0 Å². The third-order valence-corrected chi connectivity index (χ3v) is 10.2. The van der Waals surface area contributed by atoms with Crippen LogP contribution in [-0.4, -0.2) is 58.5 Å². The maximum atomic E-state index is 15.3. The molecule has 0 bridgehead atoms. The quantitative estimate of drug-likeness (QED) is 0.136. The summed E-state index contributed by atoms with van der Waals surface area (Å²) >= 11 is 14.0. The Labute approximate surface area is 308 Å². The molecule has 0 radical (unpaired) electrons. The lowest BCUT2D eigenvalue weighted by molar-refractivity contribution is -0.120. The fourth-order valence-electron chi connectivity index (χ4n) is 6.69. The molecule has 2 aliphatic rings. The van der Waals surface area contributed by atoms with Gasteiger partial charge in [-0.05, 0) is 48.7 Å². The number of benzene rings is 2. The van der Waals surface area contributed by atoms with Gasteiger partial charge in [-0.3, -0.25) is 18.8 Å². The molecule has 5 heterocycles. The number of carbonyl (C=O) groups excluding carboxylic acids is 2. The summed E-state index contributed by atoms with van der Waals surface area (Å²) in [6.45, 7) is 1.99. The first-order valence-electron chi connectivity index (χ1n) is 17.0. The van der Waals surface area contributed by atoms with Crippen LogP contribution >= 0.6 is 23.2 Å². The highest BCUT2D eigenvalue weighted by Crippen LogP contribution is 2.43. The molecule has 52 heavy (non-hydrogen) atoms. The molecule has 5 aromatic rings. The molecular formula is C38H36Cl2FN7O4. The van der Waals surface area contributed by atoms with Crippen LogP contribution in [0.15, 0.2) is 71.8 Å². The number of halogens is 3. The molecule has 3 aromatic heterocycles. The van der Waals surface area contributed by atoms with Gasteiger partial charge in [-0.1, -0.05) is 47.5 Å². The minimum atomic E-state index is -0.519. The van der Waals surface area contributed by atoms with E-state index in [2.05, 4.69) is 26.3 Å². The van der Waals surface area contributed by atoms with Crippen LogP contribution in [0, 0.1) is 5.82 Å². The van der Waals surface area contributed by atoms with E-state index >= 15 is 4.39 Å².